The largest absolute Gasteiger partial charge is 0.293 e. The highest BCUT2D eigenvalue weighted by Crippen LogP contribution is 2.19. The number of carbonyl (C=O) groups excluding carboxylic acids is 1. The molecule has 1 aromatic heterocycles. The summed E-state index contributed by atoms with van der Waals surface area (Å²) in [6, 6.07) is 1.08. The number of halogens is 3. The monoisotopic (exact) mass is 255 g/mol. The van der Waals surface area contributed by atoms with Crippen molar-refractivity contribution in [1.29, 1.82) is 0 Å². The summed E-state index contributed by atoms with van der Waals surface area (Å²) in [4.78, 5) is 11.2. The van der Waals surface area contributed by atoms with E-state index >= 15 is 0 Å². The van der Waals surface area contributed by atoms with E-state index in [1.165, 1.54) is 13.8 Å². The Morgan fingerprint density at radius 2 is 1.78 bits per heavy atom. The Kier molecular flexibility index (Phi) is 2.90. The molecule has 0 aliphatic heterocycles. The molecule has 0 amide bonds. The van der Waals surface area contributed by atoms with Crippen molar-refractivity contribution in [3.05, 3.63) is 41.0 Å². The van der Waals surface area contributed by atoms with E-state index in [4.69, 9.17) is 0 Å². The molecule has 4 nitrogen and oxygen atoms in total. The fourth-order valence-electron chi connectivity index (χ4n) is 1.56. The van der Waals surface area contributed by atoms with Crippen LogP contribution in [0.4, 0.5) is 13.2 Å². The summed E-state index contributed by atoms with van der Waals surface area (Å²) in [5.74, 6) is -3.83. The van der Waals surface area contributed by atoms with Crippen LogP contribution in [0, 0.1) is 24.4 Å². The summed E-state index contributed by atoms with van der Waals surface area (Å²) in [5, 5.41) is 7.12. The van der Waals surface area contributed by atoms with Gasteiger partial charge in [0.2, 0.25) is 0 Å². The Balaban J connectivity index is 2.63. The maximum absolute atomic E-state index is 13.5. The van der Waals surface area contributed by atoms with E-state index in [9.17, 15) is 18.0 Å². The van der Waals surface area contributed by atoms with Crippen LogP contribution >= 0.6 is 0 Å². The molecule has 0 N–H and O–H groups in total. The van der Waals surface area contributed by atoms with Crippen molar-refractivity contribution < 1.29 is 18.0 Å². The number of ketones is 1. The number of hydrogen-bond acceptors (Lipinski definition) is 3. The molecule has 0 radical (unpaired) electrons. The van der Waals surface area contributed by atoms with E-state index in [0.29, 0.717) is 12.1 Å². The van der Waals surface area contributed by atoms with E-state index in [1.807, 2.05) is 0 Å². The Morgan fingerprint density at radius 3 is 2.33 bits per heavy atom. The lowest BCUT2D eigenvalue weighted by atomic mass is 10.2. The van der Waals surface area contributed by atoms with Crippen LogP contribution in [0.3, 0.4) is 0 Å². The van der Waals surface area contributed by atoms with Gasteiger partial charge in [-0.15, -0.1) is 5.10 Å². The van der Waals surface area contributed by atoms with Crippen LogP contribution in [0.5, 0.6) is 0 Å². The molecule has 0 saturated heterocycles. The molecule has 2 aromatic rings. The molecule has 0 fully saturated rings. The predicted molar refractivity (Wildman–Crippen MR) is 56.0 cm³/mol. The molecule has 0 unspecified atom stereocenters. The van der Waals surface area contributed by atoms with E-state index < -0.39 is 17.5 Å². The summed E-state index contributed by atoms with van der Waals surface area (Å²) in [6.45, 7) is 2.76. The molecular formula is C11H8F3N3O. The van der Waals surface area contributed by atoms with Crippen LogP contribution in [0.25, 0.3) is 5.69 Å². The average Bonchev–Trinajstić information content (AvgIpc) is 2.66. The fraction of sp³-hybridized carbons (Fsp3) is 0.182. The summed E-state index contributed by atoms with van der Waals surface area (Å²) in [7, 11) is 0. The third-order valence-electron chi connectivity index (χ3n) is 2.45. The summed E-state index contributed by atoms with van der Waals surface area (Å²) < 4.78 is 40.3. The van der Waals surface area contributed by atoms with Gasteiger partial charge in [-0.25, -0.2) is 17.9 Å². The van der Waals surface area contributed by atoms with Gasteiger partial charge in [-0.3, -0.25) is 4.79 Å². The SMILES string of the molecule is CC(=O)c1nnn(-c2cc(F)c(F)cc2F)c1C. The zero-order chi connectivity index (χ0) is 13.4. The topological polar surface area (TPSA) is 47.8 Å². The second kappa shape index (κ2) is 4.25. The Bertz CT molecular complexity index is 637. The Morgan fingerprint density at radius 1 is 1.17 bits per heavy atom. The van der Waals surface area contributed by atoms with Crippen LogP contribution in [0.1, 0.15) is 23.1 Å². The molecule has 0 spiro atoms. The van der Waals surface area contributed by atoms with Crippen molar-refractivity contribution >= 4 is 5.78 Å². The van der Waals surface area contributed by atoms with Gasteiger partial charge in [0.1, 0.15) is 5.69 Å². The predicted octanol–water partition coefficient (Wildman–Crippen LogP) is 2.20. The molecular weight excluding hydrogens is 247 g/mol. The molecule has 1 aromatic carbocycles. The molecule has 2 rings (SSSR count). The maximum Gasteiger partial charge on any atom is 0.181 e. The van der Waals surface area contributed by atoms with Crippen LogP contribution in [0.15, 0.2) is 12.1 Å². The zero-order valence-corrected chi connectivity index (χ0v) is 9.54. The van der Waals surface area contributed by atoms with Gasteiger partial charge in [-0.05, 0) is 6.92 Å². The standard InChI is InChI=1S/C11H8F3N3O/c1-5-11(6(2)18)15-16-17(5)10-4-8(13)7(12)3-9(10)14/h3-4H,1-2H3. The first kappa shape index (κ1) is 12.3. The number of rotatable bonds is 2. The zero-order valence-electron chi connectivity index (χ0n) is 9.54. The van der Waals surface area contributed by atoms with Gasteiger partial charge in [-0.1, -0.05) is 5.21 Å². The third-order valence-corrected chi connectivity index (χ3v) is 2.45. The second-order valence-electron chi connectivity index (χ2n) is 3.71. The number of aromatic nitrogens is 3. The second-order valence-corrected chi connectivity index (χ2v) is 3.71. The van der Waals surface area contributed by atoms with Crippen LogP contribution in [0.2, 0.25) is 0 Å². The molecule has 0 aliphatic rings. The highest BCUT2D eigenvalue weighted by atomic mass is 19.2. The van der Waals surface area contributed by atoms with Gasteiger partial charge in [0, 0.05) is 19.1 Å². The fourth-order valence-corrected chi connectivity index (χ4v) is 1.56. The first-order chi connectivity index (χ1) is 8.41. The number of Topliss-reactive ketones (excluding diaryl/α,β-unsaturated/α-hetero) is 1. The van der Waals surface area contributed by atoms with Crippen molar-refractivity contribution in [1.82, 2.24) is 15.0 Å². The molecule has 1 heterocycles. The van der Waals surface area contributed by atoms with E-state index in [-0.39, 0.29) is 22.9 Å². The van der Waals surface area contributed by atoms with Crippen LogP contribution < -0.4 is 0 Å². The minimum Gasteiger partial charge on any atom is -0.293 e. The first-order valence-electron chi connectivity index (χ1n) is 5.00. The summed E-state index contributed by atoms with van der Waals surface area (Å²) >= 11 is 0. The lowest BCUT2D eigenvalue weighted by Gasteiger charge is -2.05. The van der Waals surface area contributed by atoms with Gasteiger partial charge >= 0.3 is 0 Å². The molecule has 0 aliphatic carbocycles. The first-order valence-corrected chi connectivity index (χ1v) is 5.00. The number of nitrogens with zero attached hydrogens (tertiary/aromatic N) is 3. The Hall–Kier alpha value is -2.18. The normalized spacial score (nSPS) is 10.7. The molecule has 0 saturated carbocycles. The lowest BCUT2D eigenvalue weighted by molar-refractivity contribution is 0.101. The lowest BCUT2D eigenvalue weighted by Crippen LogP contribution is -2.05. The van der Waals surface area contributed by atoms with Gasteiger partial charge in [0.15, 0.2) is 28.9 Å². The average molecular weight is 255 g/mol. The molecule has 94 valence electrons. The van der Waals surface area contributed by atoms with Crippen molar-refractivity contribution in [3.63, 3.8) is 0 Å². The van der Waals surface area contributed by atoms with Gasteiger partial charge < -0.3 is 0 Å². The van der Waals surface area contributed by atoms with Crippen molar-refractivity contribution in [3.8, 4) is 5.69 Å². The van der Waals surface area contributed by atoms with Crippen molar-refractivity contribution in [2.75, 3.05) is 0 Å². The number of carbonyl (C=O) groups is 1. The van der Waals surface area contributed by atoms with Gasteiger partial charge in [0.05, 0.1) is 5.69 Å². The Labute approximate surface area is 100 Å². The van der Waals surface area contributed by atoms with Gasteiger partial charge in [-0.2, -0.15) is 0 Å². The molecule has 18 heavy (non-hydrogen) atoms. The van der Waals surface area contributed by atoms with Crippen molar-refractivity contribution in [2.45, 2.75) is 13.8 Å². The minimum atomic E-state index is -1.29. The number of hydrogen-bond donors (Lipinski definition) is 0. The minimum absolute atomic E-state index is 0.0548. The quantitative estimate of drug-likeness (QED) is 0.610. The smallest absolute Gasteiger partial charge is 0.181 e. The van der Waals surface area contributed by atoms with E-state index in [1.54, 1.807) is 0 Å². The van der Waals surface area contributed by atoms with Gasteiger partial charge in [0.25, 0.3) is 0 Å². The van der Waals surface area contributed by atoms with Crippen LogP contribution in [-0.2, 0) is 0 Å². The van der Waals surface area contributed by atoms with E-state index in [2.05, 4.69) is 10.3 Å². The molecule has 0 atom stereocenters. The highest BCUT2D eigenvalue weighted by Gasteiger charge is 2.18. The molecule has 0 bridgehead atoms. The third kappa shape index (κ3) is 1.87. The van der Waals surface area contributed by atoms with Crippen molar-refractivity contribution in [2.24, 2.45) is 0 Å². The van der Waals surface area contributed by atoms with Crippen LogP contribution in [-0.4, -0.2) is 20.8 Å². The maximum atomic E-state index is 13.5. The summed E-state index contributed by atoms with van der Waals surface area (Å²) in [6.07, 6.45) is 0. The molecule has 7 heteroatoms. The summed E-state index contributed by atoms with van der Waals surface area (Å²) in [5.41, 5.74) is 0.0120. The van der Waals surface area contributed by atoms with E-state index in [0.717, 1.165) is 4.68 Å². The highest BCUT2D eigenvalue weighted by molar-refractivity contribution is 5.93. The number of benzene rings is 1.